The van der Waals surface area contributed by atoms with Gasteiger partial charge in [0.05, 0.1) is 5.52 Å². The van der Waals surface area contributed by atoms with Gasteiger partial charge in [0.2, 0.25) is 0 Å². The molecular formula is C14H15ClN2. The van der Waals surface area contributed by atoms with Crippen LogP contribution in [0, 0.1) is 0 Å². The topological polar surface area (TPSA) is 24.9 Å². The van der Waals surface area contributed by atoms with Crippen LogP contribution in [0.5, 0.6) is 0 Å². The Hall–Kier alpha value is -1.28. The van der Waals surface area contributed by atoms with Gasteiger partial charge in [-0.25, -0.2) is 0 Å². The van der Waals surface area contributed by atoms with E-state index < -0.39 is 0 Å². The van der Waals surface area contributed by atoms with Crippen molar-refractivity contribution >= 4 is 28.2 Å². The standard InChI is InChI=1S/C14H15ClN2/c1-16-14-10-4-2-3-5-12(10)17-13-8-9(15)6-7-11(13)14/h6-8H,2-5H2,1H3,(H,16,17). The lowest BCUT2D eigenvalue weighted by Crippen LogP contribution is -2.09. The number of fused-ring (bicyclic) bond motifs is 2. The summed E-state index contributed by atoms with van der Waals surface area (Å²) in [5.41, 5.74) is 4.88. The van der Waals surface area contributed by atoms with Gasteiger partial charge >= 0.3 is 0 Å². The van der Waals surface area contributed by atoms with Crippen molar-refractivity contribution in [3.8, 4) is 0 Å². The second kappa shape index (κ2) is 4.19. The zero-order valence-electron chi connectivity index (χ0n) is 9.89. The Bertz CT molecular complexity index is 578. The van der Waals surface area contributed by atoms with Crippen molar-refractivity contribution in [2.24, 2.45) is 0 Å². The van der Waals surface area contributed by atoms with Crippen molar-refractivity contribution in [2.45, 2.75) is 25.7 Å². The molecule has 0 saturated heterocycles. The number of anilines is 1. The number of halogens is 1. The highest BCUT2D eigenvalue weighted by Crippen LogP contribution is 2.33. The maximum Gasteiger partial charge on any atom is 0.0741 e. The number of nitrogens with one attached hydrogen (secondary N) is 1. The smallest absolute Gasteiger partial charge is 0.0741 e. The normalized spacial score (nSPS) is 14.7. The van der Waals surface area contributed by atoms with E-state index in [0.717, 1.165) is 23.4 Å². The van der Waals surface area contributed by atoms with Crippen LogP contribution in [0.4, 0.5) is 5.69 Å². The van der Waals surface area contributed by atoms with Crippen molar-refractivity contribution in [1.29, 1.82) is 0 Å². The summed E-state index contributed by atoms with van der Waals surface area (Å²) in [7, 11) is 1.98. The molecule has 1 N–H and O–H groups in total. The molecule has 0 atom stereocenters. The molecule has 1 heterocycles. The monoisotopic (exact) mass is 246 g/mol. The highest BCUT2D eigenvalue weighted by molar-refractivity contribution is 6.31. The molecule has 2 aromatic rings. The zero-order valence-corrected chi connectivity index (χ0v) is 10.6. The Balaban J connectivity index is 2.34. The van der Waals surface area contributed by atoms with Crippen LogP contribution in [-0.2, 0) is 12.8 Å². The predicted octanol–water partition coefficient (Wildman–Crippen LogP) is 3.81. The first-order chi connectivity index (χ1) is 8.29. The Labute approximate surface area is 106 Å². The van der Waals surface area contributed by atoms with Crippen molar-refractivity contribution in [1.82, 2.24) is 4.98 Å². The van der Waals surface area contributed by atoms with Crippen LogP contribution in [0.2, 0.25) is 5.02 Å². The van der Waals surface area contributed by atoms with E-state index in [-0.39, 0.29) is 0 Å². The first-order valence-electron chi connectivity index (χ1n) is 6.08. The minimum absolute atomic E-state index is 0.753. The predicted molar refractivity (Wildman–Crippen MR) is 72.9 cm³/mol. The van der Waals surface area contributed by atoms with Crippen molar-refractivity contribution in [2.75, 3.05) is 12.4 Å². The lowest BCUT2D eigenvalue weighted by Gasteiger charge is -2.20. The van der Waals surface area contributed by atoms with Crippen LogP contribution < -0.4 is 5.32 Å². The molecule has 2 nitrogen and oxygen atoms in total. The zero-order chi connectivity index (χ0) is 11.8. The Morgan fingerprint density at radius 2 is 2.06 bits per heavy atom. The van der Waals surface area contributed by atoms with Crippen LogP contribution in [0.15, 0.2) is 18.2 Å². The number of aromatic nitrogens is 1. The van der Waals surface area contributed by atoms with Crippen LogP contribution in [0.25, 0.3) is 10.9 Å². The first-order valence-corrected chi connectivity index (χ1v) is 6.46. The van der Waals surface area contributed by atoms with E-state index in [1.165, 1.54) is 35.2 Å². The molecule has 88 valence electrons. The molecule has 0 amide bonds. The Morgan fingerprint density at radius 1 is 1.24 bits per heavy atom. The highest BCUT2D eigenvalue weighted by Gasteiger charge is 2.17. The van der Waals surface area contributed by atoms with Gasteiger partial charge in [0.25, 0.3) is 0 Å². The average Bonchev–Trinajstić information content (AvgIpc) is 2.35. The van der Waals surface area contributed by atoms with Gasteiger partial charge in [-0.3, -0.25) is 4.98 Å². The molecule has 1 aliphatic carbocycles. The average molecular weight is 247 g/mol. The van der Waals surface area contributed by atoms with E-state index in [2.05, 4.69) is 11.4 Å². The molecular weight excluding hydrogens is 232 g/mol. The maximum atomic E-state index is 6.04. The van der Waals surface area contributed by atoms with E-state index in [0.29, 0.717) is 0 Å². The van der Waals surface area contributed by atoms with Gasteiger partial charge in [0, 0.05) is 28.8 Å². The summed E-state index contributed by atoms with van der Waals surface area (Å²) in [5.74, 6) is 0. The Morgan fingerprint density at radius 3 is 2.88 bits per heavy atom. The summed E-state index contributed by atoms with van der Waals surface area (Å²) in [4.78, 5) is 4.76. The molecule has 1 aliphatic rings. The summed E-state index contributed by atoms with van der Waals surface area (Å²) in [6.07, 6.45) is 4.74. The Kier molecular flexibility index (Phi) is 2.67. The van der Waals surface area contributed by atoms with Crippen molar-refractivity contribution in [3.63, 3.8) is 0 Å². The molecule has 0 fully saturated rings. The van der Waals surface area contributed by atoms with Crippen LogP contribution >= 0.6 is 11.6 Å². The van der Waals surface area contributed by atoms with Gasteiger partial charge in [-0.05, 0) is 49.4 Å². The summed E-state index contributed by atoms with van der Waals surface area (Å²) >= 11 is 6.04. The summed E-state index contributed by atoms with van der Waals surface area (Å²) in [6, 6.07) is 5.94. The molecule has 3 heteroatoms. The maximum absolute atomic E-state index is 6.04. The van der Waals surface area contributed by atoms with Gasteiger partial charge in [-0.2, -0.15) is 0 Å². The molecule has 0 radical (unpaired) electrons. The molecule has 0 unspecified atom stereocenters. The number of nitrogens with zero attached hydrogens (tertiary/aromatic N) is 1. The van der Waals surface area contributed by atoms with E-state index in [1.807, 2.05) is 19.2 Å². The number of aryl methyl sites for hydroxylation is 1. The summed E-state index contributed by atoms with van der Waals surface area (Å²) in [6.45, 7) is 0. The minimum atomic E-state index is 0.753. The van der Waals surface area contributed by atoms with E-state index in [1.54, 1.807) is 0 Å². The number of rotatable bonds is 1. The van der Waals surface area contributed by atoms with Crippen LogP contribution in [0.1, 0.15) is 24.1 Å². The van der Waals surface area contributed by atoms with Crippen molar-refractivity contribution in [3.05, 3.63) is 34.5 Å². The van der Waals surface area contributed by atoms with Gasteiger partial charge in [-0.1, -0.05) is 11.6 Å². The summed E-state index contributed by atoms with van der Waals surface area (Å²) < 4.78 is 0. The fourth-order valence-corrected chi connectivity index (χ4v) is 2.85. The van der Waals surface area contributed by atoms with E-state index >= 15 is 0 Å². The molecule has 17 heavy (non-hydrogen) atoms. The second-order valence-electron chi connectivity index (χ2n) is 4.53. The fraction of sp³-hybridized carbons (Fsp3) is 0.357. The van der Waals surface area contributed by atoms with Gasteiger partial charge in [0.1, 0.15) is 0 Å². The number of benzene rings is 1. The van der Waals surface area contributed by atoms with Gasteiger partial charge in [0.15, 0.2) is 0 Å². The minimum Gasteiger partial charge on any atom is -0.387 e. The molecule has 3 rings (SSSR count). The van der Waals surface area contributed by atoms with E-state index in [4.69, 9.17) is 16.6 Å². The van der Waals surface area contributed by atoms with E-state index in [9.17, 15) is 0 Å². The van der Waals surface area contributed by atoms with Crippen LogP contribution in [0.3, 0.4) is 0 Å². The van der Waals surface area contributed by atoms with Crippen LogP contribution in [-0.4, -0.2) is 12.0 Å². The third kappa shape index (κ3) is 1.77. The largest absolute Gasteiger partial charge is 0.387 e. The third-order valence-electron chi connectivity index (χ3n) is 3.48. The second-order valence-corrected chi connectivity index (χ2v) is 4.97. The van der Waals surface area contributed by atoms with Gasteiger partial charge < -0.3 is 5.32 Å². The molecule has 1 aromatic heterocycles. The lowest BCUT2D eigenvalue weighted by molar-refractivity contribution is 0.672. The highest BCUT2D eigenvalue weighted by atomic mass is 35.5. The fourth-order valence-electron chi connectivity index (χ4n) is 2.68. The number of hydrogen-bond donors (Lipinski definition) is 1. The van der Waals surface area contributed by atoms with Crippen molar-refractivity contribution < 1.29 is 0 Å². The third-order valence-corrected chi connectivity index (χ3v) is 3.71. The first kappa shape index (κ1) is 10.8. The molecule has 0 bridgehead atoms. The van der Waals surface area contributed by atoms with Gasteiger partial charge in [-0.15, -0.1) is 0 Å². The molecule has 1 aromatic carbocycles. The molecule has 0 spiro atoms. The SMILES string of the molecule is CNc1c2c(nc3cc(Cl)ccc13)CCCC2. The quantitative estimate of drug-likeness (QED) is 0.828. The number of pyridine rings is 1. The number of hydrogen-bond acceptors (Lipinski definition) is 2. The molecule has 0 aliphatic heterocycles. The molecule has 0 saturated carbocycles. The lowest BCUT2D eigenvalue weighted by atomic mass is 9.93. The summed E-state index contributed by atoms with van der Waals surface area (Å²) in [5, 5.41) is 5.27.